The molecule has 3 aliphatic rings. The van der Waals surface area contributed by atoms with Gasteiger partial charge in [-0.05, 0) is 113 Å². The van der Waals surface area contributed by atoms with E-state index in [4.69, 9.17) is 0 Å². The summed E-state index contributed by atoms with van der Waals surface area (Å²) in [6.07, 6.45) is 0. The summed E-state index contributed by atoms with van der Waals surface area (Å²) in [7, 11) is 0. The van der Waals surface area contributed by atoms with Crippen LogP contribution in [0.5, 0.6) is 0 Å². The Morgan fingerprint density at radius 2 is 0.731 bits per heavy atom. The SMILES string of the molecule is c1ccc(-c2ccc(N(c3cccc4c3-c3ccccc3C43c4ccccc4-c4ccccc43)c3cc4ccccc4c4c3-c3ccccc3C4(c3ccccc3)c3ccccc3)cc2)cc1. The summed E-state index contributed by atoms with van der Waals surface area (Å²) >= 11 is 0. The van der Waals surface area contributed by atoms with E-state index in [-0.39, 0.29) is 0 Å². The molecule has 1 heteroatoms. The molecule has 312 valence electrons. The lowest BCUT2D eigenvalue weighted by molar-refractivity contribution is 0.775. The summed E-state index contributed by atoms with van der Waals surface area (Å²) in [5, 5.41) is 2.46. The lowest BCUT2D eigenvalue weighted by atomic mass is 9.66. The molecule has 1 spiro atoms. The Labute approximate surface area is 391 Å². The van der Waals surface area contributed by atoms with Crippen LogP contribution >= 0.6 is 0 Å². The standard InChI is InChI=1S/C66H43N/c1-4-21-44(22-5-1)45-39-41-49(42-40-45)67(60-38-20-37-59-62(60)53-31-14-19-36-58(53)66(59)55-33-16-12-29-51(55)52-30-13-17-34-56(52)66)61-43-46-23-10-11-28-50(46)64-63(61)54-32-15-18-35-57(54)65(64,47-24-6-2-7-25-47)48-26-8-3-9-27-48/h1-43H. The fourth-order valence-corrected chi connectivity index (χ4v) is 12.6. The Kier molecular flexibility index (Phi) is 8.18. The van der Waals surface area contributed by atoms with E-state index in [1.54, 1.807) is 0 Å². The molecule has 1 nitrogen and oxygen atoms in total. The molecule has 0 N–H and O–H groups in total. The number of rotatable bonds is 6. The zero-order valence-corrected chi connectivity index (χ0v) is 36.8. The van der Waals surface area contributed by atoms with Gasteiger partial charge >= 0.3 is 0 Å². The van der Waals surface area contributed by atoms with Gasteiger partial charge in [-0.2, -0.15) is 0 Å². The normalized spacial score (nSPS) is 13.9. The molecule has 11 aromatic rings. The molecule has 0 saturated heterocycles. The third-order valence-corrected chi connectivity index (χ3v) is 15.1. The molecule has 3 aliphatic carbocycles. The molecule has 14 rings (SSSR count). The van der Waals surface area contributed by atoms with Crippen molar-refractivity contribution >= 4 is 27.8 Å². The van der Waals surface area contributed by atoms with Crippen molar-refractivity contribution in [1.29, 1.82) is 0 Å². The predicted octanol–water partition coefficient (Wildman–Crippen LogP) is 16.7. The average molecular weight is 850 g/mol. The van der Waals surface area contributed by atoms with Gasteiger partial charge < -0.3 is 4.90 Å². The molecule has 0 amide bonds. The highest BCUT2D eigenvalue weighted by Crippen LogP contribution is 2.66. The summed E-state index contributed by atoms with van der Waals surface area (Å²) in [5.74, 6) is 0. The van der Waals surface area contributed by atoms with E-state index in [1.165, 1.54) is 99.8 Å². The minimum absolute atomic E-state index is 0.480. The van der Waals surface area contributed by atoms with Gasteiger partial charge in [0.05, 0.1) is 22.2 Å². The van der Waals surface area contributed by atoms with Crippen molar-refractivity contribution in [2.45, 2.75) is 10.8 Å². The van der Waals surface area contributed by atoms with Crippen molar-refractivity contribution in [3.63, 3.8) is 0 Å². The van der Waals surface area contributed by atoms with Gasteiger partial charge in [0.1, 0.15) is 0 Å². The summed E-state index contributed by atoms with van der Waals surface area (Å²) in [6, 6.07) is 97.6. The molecule has 0 heterocycles. The van der Waals surface area contributed by atoms with Crippen LogP contribution in [0.25, 0.3) is 55.3 Å². The average Bonchev–Trinajstić information content (AvgIpc) is 4.01. The van der Waals surface area contributed by atoms with E-state index >= 15 is 0 Å². The number of hydrogen-bond donors (Lipinski definition) is 0. The van der Waals surface area contributed by atoms with Crippen LogP contribution in [0.4, 0.5) is 17.1 Å². The van der Waals surface area contributed by atoms with E-state index < -0.39 is 10.8 Å². The van der Waals surface area contributed by atoms with Crippen LogP contribution in [-0.2, 0) is 10.8 Å². The van der Waals surface area contributed by atoms with E-state index in [1.807, 2.05) is 0 Å². The summed E-state index contributed by atoms with van der Waals surface area (Å²) in [5.41, 5.74) is 22.8. The van der Waals surface area contributed by atoms with Gasteiger partial charge in [-0.25, -0.2) is 0 Å². The molecule has 0 radical (unpaired) electrons. The fraction of sp³-hybridized carbons (Fsp3) is 0.0303. The Balaban J connectivity index is 1.13. The first-order valence-electron chi connectivity index (χ1n) is 23.4. The van der Waals surface area contributed by atoms with Crippen LogP contribution < -0.4 is 4.90 Å². The predicted molar refractivity (Wildman–Crippen MR) is 278 cm³/mol. The second-order valence-corrected chi connectivity index (χ2v) is 18.2. The van der Waals surface area contributed by atoms with Crippen molar-refractivity contribution in [2.75, 3.05) is 4.90 Å². The highest BCUT2D eigenvalue weighted by atomic mass is 15.1. The molecule has 0 bridgehead atoms. The number of nitrogens with zero attached hydrogens (tertiary/aromatic N) is 1. The number of anilines is 3. The van der Waals surface area contributed by atoms with Crippen molar-refractivity contribution in [3.05, 3.63) is 305 Å². The van der Waals surface area contributed by atoms with Gasteiger partial charge in [-0.3, -0.25) is 0 Å². The molecule has 67 heavy (non-hydrogen) atoms. The monoisotopic (exact) mass is 849 g/mol. The number of hydrogen-bond acceptors (Lipinski definition) is 1. The van der Waals surface area contributed by atoms with Crippen LogP contribution in [0.2, 0.25) is 0 Å². The van der Waals surface area contributed by atoms with Gasteiger partial charge in [-0.15, -0.1) is 0 Å². The third-order valence-electron chi connectivity index (χ3n) is 15.1. The topological polar surface area (TPSA) is 3.24 Å². The maximum absolute atomic E-state index is 2.60. The van der Waals surface area contributed by atoms with Crippen LogP contribution in [0, 0.1) is 0 Å². The van der Waals surface area contributed by atoms with E-state index in [0.29, 0.717) is 0 Å². The number of fused-ring (bicyclic) bond motifs is 15. The molecule has 0 unspecified atom stereocenters. The second kappa shape index (κ2) is 14.5. The van der Waals surface area contributed by atoms with Gasteiger partial charge in [0.15, 0.2) is 0 Å². The largest absolute Gasteiger partial charge is 0.309 e. The van der Waals surface area contributed by atoms with Crippen molar-refractivity contribution in [2.24, 2.45) is 0 Å². The first-order valence-corrected chi connectivity index (χ1v) is 23.4. The molecule has 0 aromatic heterocycles. The Bertz CT molecular complexity index is 3650. The molecular weight excluding hydrogens is 807 g/mol. The smallest absolute Gasteiger partial charge is 0.0726 e. The number of benzene rings is 11. The molecular formula is C66H43N. The molecule has 0 saturated carbocycles. The molecule has 0 fully saturated rings. The van der Waals surface area contributed by atoms with E-state index in [9.17, 15) is 0 Å². The molecule has 0 aliphatic heterocycles. The summed E-state index contributed by atoms with van der Waals surface area (Å²) in [6.45, 7) is 0. The zero-order chi connectivity index (χ0) is 44.1. The zero-order valence-electron chi connectivity index (χ0n) is 36.8. The first kappa shape index (κ1) is 37.8. The molecule has 0 atom stereocenters. The Morgan fingerprint density at radius 3 is 1.34 bits per heavy atom. The minimum atomic E-state index is -0.598. The van der Waals surface area contributed by atoms with Gasteiger partial charge in [0.2, 0.25) is 0 Å². The van der Waals surface area contributed by atoms with Crippen molar-refractivity contribution in [1.82, 2.24) is 0 Å². The lowest BCUT2D eigenvalue weighted by Crippen LogP contribution is -2.29. The van der Waals surface area contributed by atoms with Crippen molar-refractivity contribution < 1.29 is 0 Å². The summed E-state index contributed by atoms with van der Waals surface area (Å²) < 4.78 is 0. The van der Waals surface area contributed by atoms with E-state index in [0.717, 1.165) is 17.1 Å². The molecule has 11 aromatic carbocycles. The Morgan fingerprint density at radius 1 is 0.284 bits per heavy atom. The van der Waals surface area contributed by atoms with Crippen molar-refractivity contribution in [3.8, 4) is 44.5 Å². The van der Waals surface area contributed by atoms with Crippen LogP contribution in [0.1, 0.15) is 44.5 Å². The first-order chi connectivity index (χ1) is 33.3. The maximum Gasteiger partial charge on any atom is 0.0726 e. The van der Waals surface area contributed by atoms with Gasteiger partial charge in [0.25, 0.3) is 0 Å². The van der Waals surface area contributed by atoms with Gasteiger partial charge in [-0.1, -0.05) is 237 Å². The van der Waals surface area contributed by atoms with Crippen LogP contribution in [-0.4, -0.2) is 0 Å². The van der Waals surface area contributed by atoms with Crippen LogP contribution in [0.15, 0.2) is 261 Å². The highest BCUT2D eigenvalue weighted by Gasteiger charge is 2.53. The fourth-order valence-electron chi connectivity index (χ4n) is 12.6. The highest BCUT2D eigenvalue weighted by molar-refractivity contribution is 6.10. The lowest BCUT2D eigenvalue weighted by Gasteiger charge is -2.36. The van der Waals surface area contributed by atoms with Gasteiger partial charge in [0, 0.05) is 16.8 Å². The quantitative estimate of drug-likeness (QED) is 0.161. The van der Waals surface area contributed by atoms with Crippen LogP contribution in [0.3, 0.4) is 0 Å². The third kappa shape index (κ3) is 5.09. The maximum atomic E-state index is 2.60. The van der Waals surface area contributed by atoms with E-state index in [2.05, 4.69) is 266 Å². The Hall–Kier alpha value is -8.52. The minimum Gasteiger partial charge on any atom is -0.309 e. The second-order valence-electron chi connectivity index (χ2n) is 18.2. The summed E-state index contributed by atoms with van der Waals surface area (Å²) in [4.78, 5) is 2.60.